The molecule has 4 amide bonds. The Kier molecular flexibility index (Phi) is 6.41. The van der Waals surface area contributed by atoms with Crippen LogP contribution in [0.2, 0.25) is 4.34 Å². The predicted octanol–water partition coefficient (Wildman–Crippen LogP) is 4.65. The number of thiophene rings is 1. The van der Waals surface area contributed by atoms with E-state index in [0.717, 1.165) is 22.2 Å². The molecule has 1 aromatic heterocycles. The molecular weight excluding hydrogens is 406 g/mol. The number of hydrogen-bond acceptors (Lipinski definition) is 5. The maximum atomic E-state index is 12.5. The summed E-state index contributed by atoms with van der Waals surface area (Å²) in [6, 6.07) is 10.7. The first-order chi connectivity index (χ1) is 13.0. The molecule has 1 saturated heterocycles. The van der Waals surface area contributed by atoms with E-state index in [2.05, 4.69) is 5.32 Å². The van der Waals surface area contributed by atoms with Gasteiger partial charge < -0.3 is 10.2 Å². The number of halogens is 1. The fourth-order valence-corrected chi connectivity index (χ4v) is 4.39. The third-order valence-corrected chi connectivity index (χ3v) is 6.11. The molecule has 1 N–H and O–H groups in total. The molecule has 1 aromatic carbocycles. The number of thioether (sulfide) groups is 1. The molecule has 0 bridgehead atoms. The Morgan fingerprint density at radius 2 is 1.96 bits per heavy atom. The second-order valence-corrected chi connectivity index (χ2v) is 8.61. The normalized spacial score (nSPS) is 13.9. The van der Waals surface area contributed by atoms with Crippen molar-refractivity contribution >= 4 is 57.6 Å². The van der Waals surface area contributed by atoms with Crippen LogP contribution in [-0.4, -0.2) is 39.3 Å². The standard InChI is InChI=1S/C18H18ClN3O3S2/c1-2-21(10-14-7-8-15(19)27-14)17(24)20-13-5-3-12(4-6-13)9-22-16(23)11-26-18(22)25/h3-8H,2,9-11H2,1H3,(H,20,24). The van der Waals surface area contributed by atoms with Crippen LogP contribution >= 0.6 is 34.7 Å². The summed E-state index contributed by atoms with van der Waals surface area (Å²) in [4.78, 5) is 39.8. The van der Waals surface area contributed by atoms with E-state index in [1.807, 2.05) is 19.1 Å². The van der Waals surface area contributed by atoms with E-state index in [-0.39, 0.29) is 29.5 Å². The highest BCUT2D eigenvalue weighted by Gasteiger charge is 2.29. The molecule has 9 heteroatoms. The van der Waals surface area contributed by atoms with Crippen molar-refractivity contribution in [1.29, 1.82) is 0 Å². The third kappa shape index (κ3) is 5.03. The number of rotatable bonds is 6. The average molecular weight is 424 g/mol. The molecule has 1 aliphatic heterocycles. The smallest absolute Gasteiger partial charge is 0.320 e. The fourth-order valence-electron chi connectivity index (χ4n) is 2.56. The Morgan fingerprint density at radius 3 is 2.52 bits per heavy atom. The van der Waals surface area contributed by atoms with Gasteiger partial charge in [-0.05, 0) is 36.8 Å². The van der Waals surface area contributed by atoms with Crippen LogP contribution in [-0.2, 0) is 17.9 Å². The summed E-state index contributed by atoms with van der Waals surface area (Å²) in [6.45, 7) is 3.23. The number of carbonyl (C=O) groups excluding carboxylic acids is 3. The van der Waals surface area contributed by atoms with Crippen molar-refractivity contribution in [3.63, 3.8) is 0 Å². The summed E-state index contributed by atoms with van der Waals surface area (Å²) in [5.74, 6) is 0.0320. The van der Waals surface area contributed by atoms with Crippen molar-refractivity contribution in [2.45, 2.75) is 20.0 Å². The molecular formula is C18H18ClN3O3S2. The number of urea groups is 1. The average Bonchev–Trinajstić information content (AvgIpc) is 3.21. The zero-order valence-electron chi connectivity index (χ0n) is 14.6. The number of anilines is 1. The van der Waals surface area contributed by atoms with Gasteiger partial charge in [0.15, 0.2) is 0 Å². The highest BCUT2D eigenvalue weighted by molar-refractivity contribution is 8.14. The highest BCUT2D eigenvalue weighted by atomic mass is 35.5. The number of carbonyl (C=O) groups is 3. The van der Waals surface area contributed by atoms with Gasteiger partial charge in [-0.25, -0.2) is 4.79 Å². The molecule has 27 heavy (non-hydrogen) atoms. The van der Waals surface area contributed by atoms with Crippen LogP contribution in [0.5, 0.6) is 0 Å². The van der Waals surface area contributed by atoms with Crippen molar-refractivity contribution in [2.75, 3.05) is 17.6 Å². The first-order valence-electron chi connectivity index (χ1n) is 8.32. The fraction of sp³-hybridized carbons (Fsp3) is 0.278. The van der Waals surface area contributed by atoms with Crippen molar-refractivity contribution in [2.24, 2.45) is 0 Å². The van der Waals surface area contributed by atoms with Gasteiger partial charge in [0.05, 0.1) is 23.2 Å². The lowest BCUT2D eigenvalue weighted by Gasteiger charge is -2.21. The van der Waals surface area contributed by atoms with Gasteiger partial charge in [-0.1, -0.05) is 35.5 Å². The second-order valence-electron chi connectivity index (χ2n) is 5.88. The summed E-state index contributed by atoms with van der Waals surface area (Å²) in [5.41, 5.74) is 1.48. The predicted molar refractivity (Wildman–Crippen MR) is 109 cm³/mol. The van der Waals surface area contributed by atoms with E-state index in [0.29, 0.717) is 23.1 Å². The zero-order valence-corrected chi connectivity index (χ0v) is 17.0. The van der Waals surface area contributed by atoms with Crippen molar-refractivity contribution in [1.82, 2.24) is 9.80 Å². The molecule has 0 aliphatic carbocycles. The van der Waals surface area contributed by atoms with Crippen molar-refractivity contribution in [3.05, 3.63) is 51.2 Å². The molecule has 142 valence electrons. The maximum absolute atomic E-state index is 12.5. The van der Waals surface area contributed by atoms with Gasteiger partial charge in [-0.3, -0.25) is 14.5 Å². The first-order valence-corrected chi connectivity index (χ1v) is 10.5. The summed E-state index contributed by atoms with van der Waals surface area (Å²) in [5, 5.41) is 2.65. The molecule has 2 heterocycles. The van der Waals surface area contributed by atoms with Crippen LogP contribution in [0.25, 0.3) is 0 Å². The highest BCUT2D eigenvalue weighted by Crippen LogP contribution is 2.24. The summed E-state index contributed by atoms with van der Waals surface area (Å²) < 4.78 is 0.699. The van der Waals surface area contributed by atoms with Crippen molar-refractivity contribution < 1.29 is 14.4 Å². The first kappa shape index (κ1) is 19.7. The molecule has 2 aromatic rings. The number of amides is 4. The minimum atomic E-state index is -0.218. The van der Waals surface area contributed by atoms with Gasteiger partial charge in [0.25, 0.3) is 5.24 Å². The molecule has 0 atom stereocenters. The zero-order chi connectivity index (χ0) is 19.4. The number of imide groups is 1. The summed E-state index contributed by atoms with van der Waals surface area (Å²) in [7, 11) is 0. The van der Waals surface area contributed by atoms with E-state index in [1.165, 1.54) is 16.2 Å². The van der Waals surface area contributed by atoms with E-state index in [1.54, 1.807) is 29.2 Å². The van der Waals surface area contributed by atoms with Gasteiger partial charge in [-0.2, -0.15) is 0 Å². The van der Waals surface area contributed by atoms with E-state index in [4.69, 9.17) is 11.6 Å². The minimum Gasteiger partial charge on any atom is -0.320 e. The summed E-state index contributed by atoms with van der Waals surface area (Å²) >= 11 is 8.42. The third-order valence-electron chi connectivity index (χ3n) is 4.03. The Balaban J connectivity index is 1.58. The van der Waals surface area contributed by atoms with Gasteiger partial charge in [0.2, 0.25) is 5.91 Å². The molecule has 6 nitrogen and oxygen atoms in total. The van der Waals surface area contributed by atoms with Gasteiger partial charge in [-0.15, -0.1) is 11.3 Å². The summed E-state index contributed by atoms with van der Waals surface area (Å²) in [6.07, 6.45) is 0. The molecule has 3 rings (SSSR count). The SMILES string of the molecule is CCN(Cc1ccc(Cl)s1)C(=O)Nc1ccc(CN2C(=O)CSC2=O)cc1. The number of benzene rings is 1. The molecule has 0 spiro atoms. The molecule has 1 fully saturated rings. The van der Waals surface area contributed by atoms with E-state index >= 15 is 0 Å². The van der Waals surface area contributed by atoms with Crippen LogP contribution in [0.4, 0.5) is 15.3 Å². The number of hydrogen-bond donors (Lipinski definition) is 1. The lowest BCUT2D eigenvalue weighted by molar-refractivity contribution is -0.125. The van der Waals surface area contributed by atoms with Crippen LogP contribution in [0, 0.1) is 0 Å². The Labute approximate surface area is 170 Å². The van der Waals surface area contributed by atoms with Crippen LogP contribution < -0.4 is 5.32 Å². The Bertz CT molecular complexity index is 838. The Morgan fingerprint density at radius 1 is 1.22 bits per heavy atom. The molecule has 0 unspecified atom stereocenters. The van der Waals surface area contributed by atoms with E-state index in [9.17, 15) is 14.4 Å². The maximum Gasteiger partial charge on any atom is 0.322 e. The topological polar surface area (TPSA) is 69.7 Å². The van der Waals surface area contributed by atoms with Gasteiger partial charge in [0.1, 0.15) is 0 Å². The Hall–Kier alpha value is -2.03. The molecule has 0 saturated carbocycles. The van der Waals surface area contributed by atoms with Crippen LogP contribution in [0.1, 0.15) is 17.4 Å². The lowest BCUT2D eigenvalue weighted by Crippen LogP contribution is -2.34. The monoisotopic (exact) mass is 423 g/mol. The van der Waals surface area contributed by atoms with Crippen LogP contribution in [0.15, 0.2) is 36.4 Å². The minimum absolute atomic E-state index is 0.172. The second kappa shape index (κ2) is 8.77. The quantitative estimate of drug-likeness (QED) is 0.734. The number of nitrogens with zero attached hydrogens (tertiary/aromatic N) is 2. The van der Waals surface area contributed by atoms with Crippen LogP contribution in [0.3, 0.4) is 0 Å². The van der Waals surface area contributed by atoms with Crippen molar-refractivity contribution in [3.8, 4) is 0 Å². The van der Waals surface area contributed by atoms with Gasteiger partial charge >= 0.3 is 6.03 Å². The van der Waals surface area contributed by atoms with Gasteiger partial charge in [0, 0.05) is 17.1 Å². The van der Waals surface area contributed by atoms with E-state index < -0.39 is 0 Å². The molecule has 0 radical (unpaired) electrons. The molecule has 1 aliphatic rings. The largest absolute Gasteiger partial charge is 0.322 e. The lowest BCUT2D eigenvalue weighted by atomic mass is 10.2. The number of nitrogens with one attached hydrogen (secondary N) is 1.